The molecule has 27 heavy (non-hydrogen) atoms. The van der Waals surface area contributed by atoms with Gasteiger partial charge in [-0.05, 0) is 35.8 Å². The quantitative estimate of drug-likeness (QED) is 0.822. The molecule has 1 aromatic carbocycles. The number of rotatable bonds is 4. The fourth-order valence-electron chi connectivity index (χ4n) is 3.72. The van der Waals surface area contributed by atoms with E-state index in [1.807, 2.05) is 13.8 Å². The molecule has 1 aliphatic rings. The Bertz CT molecular complexity index is 684. The Hall–Kier alpha value is -1.59. The zero-order valence-corrected chi connectivity index (χ0v) is 17.6. The molecule has 0 spiro atoms. The van der Waals surface area contributed by atoms with Gasteiger partial charge in [-0.3, -0.25) is 9.59 Å². The first-order valence-corrected chi connectivity index (χ1v) is 9.92. The number of amides is 2. The van der Waals surface area contributed by atoms with Gasteiger partial charge in [-0.1, -0.05) is 58.4 Å². The second kappa shape index (κ2) is 8.61. The molecule has 150 valence electrons. The lowest BCUT2D eigenvalue weighted by molar-refractivity contribution is -0.140. The van der Waals surface area contributed by atoms with E-state index in [0.29, 0.717) is 23.7 Å². The summed E-state index contributed by atoms with van der Waals surface area (Å²) in [6, 6.07) is 6.12. The first-order valence-electron chi connectivity index (χ1n) is 9.54. The molecule has 1 aliphatic heterocycles. The van der Waals surface area contributed by atoms with Crippen molar-refractivity contribution in [3.8, 4) is 0 Å². The molecule has 2 amide bonds. The van der Waals surface area contributed by atoms with Crippen LogP contribution in [0.1, 0.15) is 51.4 Å². The normalized spacial score (nSPS) is 21.9. The first kappa shape index (κ1) is 21.7. The highest BCUT2D eigenvalue weighted by molar-refractivity contribution is 6.33. The largest absolute Gasteiger partial charge is 0.391 e. The minimum Gasteiger partial charge on any atom is -0.391 e. The maximum Gasteiger partial charge on any atom is 0.253 e. The van der Waals surface area contributed by atoms with Gasteiger partial charge in [0.25, 0.3) is 5.91 Å². The lowest BCUT2D eigenvalue weighted by atomic mass is 9.73. The van der Waals surface area contributed by atoms with Crippen molar-refractivity contribution in [3.63, 3.8) is 0 Å². The Morgan fingerprint density at radius 3 is 2.41 bits per heavy atom. The summed E-state index contributed by atoms with van der Waals surface area (Å²) >= 11 is 6.10. The summed E-state index contributed by atoms with van der Waals surface area (Å²) in [6.07, 6.45) is 0.189. The average molecular weight is 395 g/mol. The van der Waals surface area contributed by atoms with Crippen molar-refractivity contribution in [1.29, 1.82) is 0 Å². The van der Waals surface area contributed by atoms with Crippen molar-refractivity contribution < 1.29 is 14.7 Å². The van der Waals surface area contributed by atoms with Gasteiger partial charge in [0.2, 0.25) is 5.91 Å². The molecule has 1 saturated heterocycles. The number of halogens is 1. The summed E-state index contributed by atoms with van der Waals surface area (Å²) in [5, 5.41) is 13.7. The number of aliphatic hydroxyl groups excluding tert-OH is 1. The number of nitrogens with one attached hydrogen (secondary N) is 1. The number of likely N-dealkylation sites (tertiary alicyclic amines) is 1. The van der Waals surface area contributed by atoms with Crippen LogP contribution in [0.15, 0.2) is 24.3 Å². The van der Waals surface area contributed by atoms with Crippen LogP contribution in [-0.4, -0.2) is 47.1 Å². The Labute approximate surface area is 167 Å². The minimum absolute atomic E-state index is 0.00964. The van der Waals surface area contributed by atoms with Gasteiger partial charge in [-0.15, -0.1) is 0 Å². The third-order valence-corrected chi connectivity index (χ3v) is 5.67. The van der Waals surface area contributed by atoms with Crippen LogP contribution in [0.3, 0.4) is 0 Å². The number of hydrogen-bond acceptors (Lipinski definition) is 3. The number of nitrogens with zero attached hydrogens (tertiary/aromatic N) is 1. The van der Waals surface area contributed by atoms with Gasteiger partial charge < -0.3 is 15.3 Å². The van der Waals surface area contributed by atoms with E-state index in [9.17, 15) is 14.7 Å². The predicted molar refractivity (Wildman–Crippen MR) is 108 cm³/mol. The number of hydrogen-bond donors (Lipinski definition) is 2. The highest BCUT2D eigenvalue weighted by atomic mass is 35.5. The zero-order chi connectivity index (χ0) is 20.4. The van der Waals surface area contributed by atoms with Crippen molar-refractivity contribution >= 4 is 23.4 Å². The predicted octanol–water partition coefficient (Wildman–Crippen LogP) is 3.35. The Morgan fingerprint density at radius 2 is 1.89 bits per heavy atom. The van der Waals surface area contributed by atoms with Gasteiger partial charge in [0.1, 0.15) is 6.04 Å². The summed E-state index contributed by atoms with van der Waals surface area (Å²) in [7, 11) is 0. The molecule has 3 atom stereocenters. The molecule has 0 saturated carbocycles. The fourth-order valence-corrected chi connectivity index (χ4v) is 3.94. The molecule has 2 N–H and O–H groups in total. The summed E-state index contributed by atoms with van der Waals surface area (Å²) < 4.78 is 0. The summed E-state index contributed by atoms with van der Waals surface area (Å²) in [5.41, 5.74) is 0.341. The third-order valence-electron chi connectivity index (χ3n) is 5.34. The van der Waals surface area contributed by atoms with Gasteiger partial charge in [-0.2, -0.15) is 0 Å². The maximum absolute atomic E-state index is 13.1. The highest BCUT2D eigenvalue weighted by Gasteiger charge is 2.39. The number of β-amino-alcohol motifs (C(OH)–C–C–N with tert-alkyl or cyclic N) is 1. The van der Waals surface area contributed by atoms with Gasteiger partial charge in [0.15, 0.2) is 0 Å². The van der Waals surface area contributed by atoms with Crippen LogP contribution in [0.25, 0.3) is 0 Å². The molecule has 6 heteroatoms. The van der Waals surface area contributed by atoms with Crippen molar-refractivity contribution in [2.24, 2.45) is 17.3 Å². The maximum atomic E-state index is 13.1. The van der Waals surface area contributed by atoms with Crippen LogP contribution in [0.5, 0.6) is 0 Å². The van der Waals surface area contributed by atoms with Crippen LogP contribution < -0.4 is 5.32 Å². The van der Waals surface area contributed by atoms with Crippen LogP contribution in [0.2, 0.25) is 5.02 Å². The SMILES string of the molecule is CC(C)[C@H](NC(=O)c1ccccc1Cl)C(=O)N1CC[C@@H](C(C)(C)C)[C@@H](O)C1. The minimum atomic E-state index is -0.660. The standard InChI is InChI=1S/C21H31ClN2O3/c1-13(2)18(23-19(26)14-8-6-7-9-16(14)22)20(27)24-11-10-15(17(25)12-24)21(3,4)5/h6-9,13,15,17-18,25H,10-12H2,1-5H3,(H,23,26)/t15-,17+,18+/m1/s1. The molecule has 2 rings (SSSR count). The lowest BCUT2D eigenvalue weighted by Crippen LogP contribution is -2.56. The Kier molecular flexibility index (Phi) is 6.92. The highest BCUT2D eigenvalue weighted by Crippen LogP contribution is 2.34. The van der Waals surface area contributed by atoms with Crippen molar-refractivity contribution in [2.45, 2.75) is 53.2 Å². The molecule has 0 bridgehead atoms. The van der Waals surface area contributed by atoms with E-state index < -0.39 is 12.1 Å². The number of carbonyl (C=O) groups excluding carboxylic acids is 2. The van der Waals surface area contributed by atoms with Crippen LogP contribution in [0.4, 0.5) is 0 Å². The van der Waals surface area contributed by atoms with E-state index in [2.05, 4.69) is 26.1 Å². The fraction of sp³-hybridized carbons (Fsp3) is 0.619. The zero-order valence-electron chi connectivity index (χ0n) is 16.8. The second-order valence-electron chi connectivity index (χ2n) is 8.79. The van der Waals surface area contributed by atoms with Crippen LogP contribution in [0, 0.1) is 17.3 Å². The molecule has 5 nitrogen and oxygen atoms in total. The second-order valence-corrected chi connectivity index (χ2v) is 9.19. The van der Waals surface area contributed by atoms with E-state index in [4.69, 9.17) is 11.6 Å². The average Bonchev–Trinajstić information content (AvgIpc) is 2.57. The molecule has 0 radical (unpaired) electrons. The van der Waals surface area contributed by atoms with Crippen LogP contribution >= 0.6 is 11.6 Å². The van der Waals surface area contributed by atoms with Crippen LogP contribution in [-0.2, 0) is 4.79 Å². The number of piperidine rings is 1. The molecule has 1 fully saturated rings. The molecule has 0 unspecified atom stereocenters. The molecule has 0 aromatic heterocycles. The van der Waals surface area contributed by atoms with E-state index in [1.165, 1.54) is 0 Å². The van der Waals surface area contributed by atoms with E-state index >= 15 is 0 Å². The molecule has 1 aromatic rings. The molecule has 1 heterocycles. The monoisotopic (exact) mass is 394 g/mol. The lowest BCUT2D eigenvalue weighted by Gasteiger charge is -2.43. The molecular formula is C21H31ClN2O3. The van der Waals surface area contributed by atoms with Gasteiger partial charge in [0, 0.05) is 13.1 Å². The summed E-state index contributed by atoms with van der Waals surface area (Å²) in [4.78, 5) is 27.3. The first-order chi connectivity index (χ1) is 12.5. The third kappa shape index (κ3) is 5.23. The molecular weight excluding hydrogens is 364 g/mol. The topological polar surface area (TPSA) is 69.6 Å². The van der Waals surface area contributed by atoms with E-state index in [1.54, 1.807) is 29.2 Å². The van der Waals surface area contributed by atoms with E-state index in [-0.39, 0.29) is 29.1 Å². The summed E-state index contributed by atoms with van der Waals surface area (Å²) in [6.45, 7) is 11.0. The number of carbonyl (C=O) groups is 2. The van der Waals surface area contributed by atoms with Crippen molar-refractivity contribution in [3.05, 3.63) is 34.9 Å². The Balaban J connectivity index is 2.10. The van der Waals surface area contributed by atoms with Crippen molar-refractivity contribution in [1.82, 2.24) is 10.2 Å². The van der Waals surface area contributed by atoms with Gasteiger partial charge in [0.05, 0.1) is 16.7 Å². The number of benzene rings is 1. The molecule has 0 aliphatic carbocycles. The van der Waals surface area contributed by atoms with Gasteiger partial charge >= 0.3 is 0 Å². The van der Waals surface area contributed by atoms with Gasteiger partial charge in [-0.25, -0.2) is 0 Å². The van der Waals surface area contributed by atoms with Crippen molar-refractivity contribution in [2.75, 3.05) is 13.1 Å². The van der Waals surface area contributed by atoms with E-state index in [0.717, 1.165) is 6.42 Å². The smallest absolute Gasteiger partial charge is 0.253 e. The summed E-state index contributed by atoms with van der Waals surface area (Å²) in [5.74, 6) is -0.451. The number of aliphatic hydroxyl groups is 1. The Morgan fingerprint density at radius 1 is 1.26 bits per heavy atom.